The van der Waals surface area contributed by atoms with Crippen LogP contribution in [0.2, 0.25) is 0 Å². The molecule has 0 saturated heterocycles. The standard InChI is InChI=1S/C9H16N4O2S/c1-2-10-5-7-6-11-12-9(7)16(14,15)13-8-3-4-8/h6,8,10,13H,2-5H2,1H3,(H,11,12). The second-order valence-corrected chi connectivity index (χ2v) is 5.55. The predicted molar refractivity (Wildman–Crippen MR) is 59.3 cm³/mol. The zero-order valence-corrected chi connectivity index (χ0v) is 9.97. The summed E-state index contributed by atoms with van der Waals surface area (Å²) in [6.07, 6.45) is 3.40. The van der Waals surface area contributed by atoms with Crippen LogP contribution in [-0.2, 0) is 16.6 Å². The minimum atomic E-state index is -3.42. The van der Waals surface area contributed by atoms with Gasteiger partial charge in [-0.25, -0.2) is 13.1 Å². The molecule has 2 rings (SSSR count). The van der Waals surface area contributed by atoms with Crippen molar-refractivity contribution in [1.29, 1.82) is 0 Å². The summed E-state index contributed by atoms with van der Waals surface area (Å²) in [6, 6.07) is 0.111. The molecule has 0 aromatic carbocycles. The molecular formula is C9H16N4O2S. The van der Waals surface area contributed by atoms with E-state index in [0.29, 0.717) is 12.1 Å². The number of sulfonamides is 1. The number of hydrogen-bond donors (Lipinski definition) is 3. The third-order valence-corrected chi connectivity index (χ3v) is 3.95. The first kappa shape index (κ1) is 11.6. The van der Waals surface area contributed by atoms with Crippen molar-refractivity contribution >= 4 is 10.0 Å². The van der Waals surface area contributed by atoms with E-state index < -0.39 is 10.0 Å². The summed E-state index contributed by atoms with van der Waals surface area (Å²) in [4.78, 5) is 0. The molecular weight excluding hydrogens is 228 g/mol. The number of nitrogens with zero attached hydrogens (tertiary/aromatic N) is 1. The van der Waals surface area contributed by atoms with Gasteiger partial charge in [0.05, 0.1) is 6.20 Å². The first-order valence-electron chi connectivity index (χ1n) is 5.39. The molecule has 0 atom stereocenters. The lowest BCUT2D eigenvalue weighted by Gasteiger charge is -2.05. The molecule has 0 unspecified atom stereocenters. The highest BCUT2D eigenvalue weighted by molar-refractivity contribution is 7.89. The van der Waals surface area contributed by atoms with E-state index in [1.807, 2.05) is 6.92 Å². The van der Waals surface area contributed by atoms with Crippen LogP contribution in [0.1, 0.15) is 25.3 Å². The second kappa shape index (κ2) is 4.52. The van der Waals surface area contributed by atoms with Crippen molar-refractivity contribution in [3.05, 3.63) is 11.8 Å². The largest absolute Gasteiger partial charge is 0.313 e. The van der Waals surface area contributed by atoms with Crippen molar-refractivity contribution in [2.75, 3.05) is 6.54 Å². The maximum atomic E-state index is 11.9. The molecule has 0 aliphatic heterocycles. The Labute approximate surface area is 94.9 Å². The van der Waals surface area contributed by atoms with Crippen molar-refractivity contribution in [3.8, 4) is 0 Å². The molecule has 1 aromatic heterocycles. The van der Waals surface area contributed by atoms with Crippen LogP contribution >= 0.6 is 0 Å². The first-order chi connectivity index (χ1) is 7.63. The van der Waals surface area contributed by atoms with E-state index in [9.17, 15) is 8.42 Å². The molecule has 90 valence electrons. The number of rotatable bonds is 6. The van der Waals surface area contributed by atoms with Crippen LogP contribution in [0.4, 0.5) is 0 Å². The summed E-state index contributed by atoms with van der Waals surface area (Å²) in [5.41, 5.74) is 0.676. The van der Waals surface area contributed by atoms with Gasteiger partial charge in [0.1, 0.15) is 0 Å². The van der Waals surface area contributed by atoms with E-state index in [0.717, 1.165) is 19.4 Å². The highest BCUT2D eigenvalue weighted by Gasteiger charge is 2.30. The van der Waals surface area contributed by atoms with E-state index in [1.54, 1.807) is 6.20 Å². The van der Waals surface area contributed by atoms with Gasteiger partial charge in [-0.1, -0.05) is 6.92 Å². The van der Waals surface area contributed by atoms with Crippen molar-refractivity contribution in [2.24, 2.45) is 0 Å². The van der Waals surface area contributed by atoms with Crippen LogP contribution in [-0.4, -0.2) is 31.2 Å². The van der Waals surface area contributed by atoms with Crippen LogP contribution in [0, 0.1) is 0 Å². The maximum Gasteiger partial charge on any atom is 0.258 e. The van der Waals surface area contributed by atoms with Gasteiger partial charge in [0, 0.05) is 18.2 Å². The van der Waals surface area contributed by atoms with Gasteiger partial charge in [-0.15, -0.1) is 0 Å². The molecule has 1 saturated carbocycles. The lowest BCUT2D eigenvalue weighted by atomic mass is 10.3. The molecule has 1 fully saturated rings. The molecule has 1 aromatic rings. The Balaban J connectivity index is 2.14. The van der Waals surface area contributed by atoms with E-state index in [2.05, 4.69) is 20.2 Å². The minimum Gasteiger partial charge on any atom is -0.313 e. The van der Waals surface area contributed by atoms with Gasteiger partial charge in [0.25, 0.3) is 10.0 Å². The van der Waals surface area contributed by atoms with Gasteiger partial charge in [-0.3, -0.25) is 5.10 Å². The van der Waals surface area contributed by atoms with Crippen LogP contribution in [0.3, 0.4) is 0 Å². The Hall–Kier alpha value is -0.920. The third-order valence-electron chi connectivity index (χ3n) is 2.41. The molecule has 1 aliphatic rings. The zero-order chi connectivity index (χ0) is 11.6. The van der Waals surface area contributed by atoms with Gasteiger partial charge < -0.3 is 5.32 Å². The molecule has 7 heteroatoms. The fourth-order valence-electron chi connectivity index (χ4n) is 1.40. The number of aromatic nitrogens is 2. The normalized spacial score (nSPS) is 16.6. The second-order valence-electron chi connectivity index (χ2n) is 3.90. The monoisotopic (exact) mass is 244 g/mol. The SMILES string of the molecule is CCNCc1cn[nH]c1S(=O)(=O)NC1CC1. The summed E-state index contributed by atoms with van der Waals surface area (Å²) in [7, 11) is -3.42. The molecule has 0 amide bonds. The van der Waals surface area contributed by atoms with Gasteiger partial charge in [-0.2, -0.15) is 5.10 Å². The smallest absolute Gasteiger partial charge is 0.258 e. The third kappa shape index (κ3) is 2.60. The van der Waals surface area contributed by atoms with Crippen molar-refractivity contribution in [3.63, 3.8) is 0 Å². The van der Waals surface area contributed by atoms with Crippen LogP contribution in [0.25, 0.3) is 0 Å². The van der Waals surface area contributed by atoms with Crippen molar-refractivity contribution in [1.82, 2.24) is 20.2 Å². The molecule has 16 heavy (non-hydrogen) atoms. The summed E-state index contributed by atoms with van der Waals surface area (Å²) < 4.78 is 26.5. The molecule has 0 radical (unpaired) electrons. The fourth-order valence-corrected chi connectivity index (χ4v) is 2.83. The number of aromatic amines is 1. The van der Waals surface area contributed by atoms with Crippen LogP contribution in [0.15, 0.2) is 11.2 Å². The summed E-state index contributed by atoms with van der Waals surface area (Å²) in [5, 5.41) is 9.59. The zero-order valence-electron chi connectivity index (χ0n) is 9.16. The Kier molecular flexibility index (Phi) is 3.27. The molecule has 1 aliphatic carbocycles. The predicted octanol–water partition coefficient (Wildman–Crippen LogP) is -0.0401. The first-order valence-corrected chi connectivity index (χ1v) is 6.87. The highest BCUT2D eigenvalue weighted by atomic mass is 32.2. The maximum absolute atomic E-state index is 11.9. The average Bonchev–Trinajstić information content (AvgIpc) is 2.89. The highest BCUT2D eigenvalue weighted by Crippen LogP contribution is 2.22. The lowest BCUT2D eigenvalue weighted by molar-refractivity contribution is 0.574. The average molecular weight is 244 g/mol. The quantitative estimate of drug-likeness (QED) is 0.655. The Bertz CT molecular complexity index is 450. The van der Waals surface area contributed by atoms with Gasteiger partial charge >= 0.3 is 0 Å². The Morgan fingerprint density at radius 2 is 2.31 bits per heavy atom. The topological polar surface area (TPSA) is 86.9 Å². The van der Waals surface area contributed by atoms with Crippen molar-refractivity contribution in [2.45, 2.75) is 37.4 Å². The molecule has 3 N–H and O–H groups in total. The Morgan fingerprint density at radius 1 is 1.56 bits per heavy atom. The minimum absolute atomic E-state index is 0.111. The van der Waals surface area contributed by atoms with Crippen LogP contribution < -0.4 is 10.0 Å². The van der Waals surface area contributed by atoms with E-state index in [-0.39, 0.29) is 11.1 Å². The van der Waals surface area contributed by atoms with Gasteiger partial charge in [0.15, 0.2) is 5.03 Å². The Morgan fingerprint density at radius 3 is 2.94 bits per heavy atom. The van der Waals surface area contributed by atoms with Crippen LogP contribution in [0.5, 0.6) is 0 Å². The van der Waals surface area contributed by atoms with E-state index >= 15 is 0 Å². The van der Waals surface area contributed by atoms with Gasteiger partial charge in [-0.05, 0) is 19.4 Å². The van der Waals surface area contributed by atoms with E-state index in [4.69, 9.17) is 0 Å². The fraction of sp³-hybridized carbons (Fsp3) is 0.667. The number of hydrogen-bond acceptors (Lipinski definition) is 4. The van der Waals surface area contributed by atoms with Crippen molar-refractivity contribution < 1.29 is 8.42 Å². The summed E-state index contributed by atoms with van der Waals surface area (Å²) in [6.45, 7) is 3.27. The molecule has 0 spiro atoms. The van der Waals surface area contributed by atoms with E-state index in [1.165, 1.54) is 0 Å². The summed E-state index contributed by atoms with van der Waals surface area (Å²) >= 11 is 0. The summed E-state index contributed by atoms with van der Waals surface area (Å²) in [5.74, 6) is 0. The van der Waals surface area contributed by atoms with Gasteiger partial charge in [0.2, 0.25) is 0 Å². The molecule has 0 bridgehead atoms. The number of H-pyrrole nitrogens is 1. The lowest BCUT2D eigenvalue weighted by Crippen LogP contribution is -2.27. The molecule has 1 heterocycles. The molecule has 6 nitrogen and oxygen atoms in total. The number of nitrogens with one attached hydrogen (secondary N) is 3.